The Bertz CT molecular complexity index is 1520. The third kappa shape index (κ3) is 3.02. The number of imidazole rings is 1. The zero-order chi connectivity index (χ0) is 22.5. The molecule has 2 heterocycles. The Kier molecular flexibility index (Phi) is 4.16. The van der Waals surface area contributed by atoms with Crippen molar-refractivity contribution in [1.29, 1.82) is 0 Å². The number of carbonyl (C=O) groups is 1. The molecule has 0 saturated carbocycles. The van der Waals surface area contributed by atoms with Crippen molar-refractivity contribution < 1.29 is 4.79 Å². The van der Waals surface area contributed by atoms with Crippen LogP contribution in [-0.4, -0.2) is 20.9 Å². The zero-order valence-corrected chi connectivity index (χ0v) is 17.5. The van der Waals surface area contributed by atoms with Gasteiger partial charge in [0.2, 0.25) is 0 Å². The van der Waals surface area contributed by atoms with Crippen molar-refractivity contribution in [2.75, 3.05) is 11.5 Å². The van der Waals surface area contributed by atoms with Gasteiger partial charge in [0.25, 0.3) is 5.91 Å². The monoisotopic (exact) mass is 432 g/mol. The number of hydrogen-bond acceptors (Lipinski definition) is 5. The molecule has 0 saturated heterocycles. The summed E-state index contributed by atoms with van der Waals surface area (Å²) >= 11 is 0. The van der Waals surface area contributed by atoms with E-state index in [1.165, 1.54) is 0 Å². The quantitative estimate of drug-likeness (QED) is 0.317. The van der Waals surface area contributed by atoms with E-state index in [0.29, 0.717) is 16.9 Å². The van der Waals surface area contributed by atoms with Crippen LogP contribution in [0, 0.1) is 0 Å². The molecule has 0 bridgehead atoms. The van der Waals surface area contributed by atoms with Gasteiger partial charge in [0.1, 0.15) is 5.82 Å². The molecule has 2 aromatic heterocycles. The maximum Gasteiger partial charge on any atom is 0.252 e. The molecule has 7 heteroatoms. The Morgan fingerprint density at radius 2 is 1.73 bits per heavy atom. The minimum absolute atomic E-state index is 0.213. The van der Waals surface area contributed by atoms with Crippen molar-refractivity contribution in [2.45, 2.75) is 6.04 Å². The van der Waals surface area contributed by atoms with Gasteiger partial charge < -0.3 is 21.8 Å². The molecule has 6 N–H and O–H groups in total. The van der Waals surface area contributed by atoms with Crippen LogP contribution in [0.1, 0.15) is 27.5 Å². The average molecular weight is 432 g/mol. The number of pyridine rings is 1. The Morgan fingerprint density at radius 3 is 2.58 bits per heavy atom. The van der Waals surface area contributed by atoms with Crippen molar-refractivity contribution in [1.82, 2.24) is 20.3 Å². The Balaban J connectivity index is 1.46. The van der Waals surface area contributed by atoms with Crippen molar-refractivity contribution in [3.63, 3.8) is 0 Å². The van der Waals surface area contributed by atoms with Crippen molar-refractivity contribution in [3.8, 4) is 22.5 Å². The van der Waals surface area contributed by atoms with E-state index in [9.17, 15) is 4.79 Å². The summed E-state index contributed by atoms with van der Waals surface area (Å²) in [6.07, 6.45) is 3.50. The van der Waals surface area contributed by atoms with Crippen LogP contribution in [0.2, 0.25) is 0 Å². The molecule has 1 amide bonds. The highest BCUT2D eigenvalue weighted by molar-refractivity contribution is 5.98. The fourth-order valence-corrected chi connectivity index (χ4v) is 4.52. The molecular weight excluding hydrogens is 412 g/mol. The number of hydrogen-bond donors (Lipinski definition) is 4. The number of nitrogens with one attached hydrogen (secondary N) is 2. The highest BCUT2D eigenvalue weighted by atomic mass is 16.1. The average Bonchev–Trinajstić information content (AvgIpc) is 3.41. The number of aromatic nitrogens is 3. The second-order valence-corrected chi connectivity index (χ2v) is 8.09. The highest BCUT2D eigenvalue weighted by Crippen LogP contribution is 2.47. The molecule has 1 atom stereocenters. The van der Waals surface area contributed by atoms with E-state index in [1.54, 1.807) is 30.6 Å². The molecule has 0 radical (unpaired) electrons. The smallest absolute Gasteiger partial charge is 0.252 e. The SMILES string of the molecule is Nc1ccc(C(=O)NC2c3ccccc3-c3c(-c4nc5ccncc5[nH]4)cccc32)cc1N. The molecular formula is C26H20N6O. The first kappa shape index (κ1) is 19.1. The molecule has 160 valence electrons. The number of nitrogens with two attached hydrogens (primary N) is 2. The lowest BCUT2D eigenvalue weighted by Gasteiger charge is -2.17. The Labute approximate surface area is 189 Å². The first-order valence-electron chi connectivity index (χ1n) is 10.6. The molecule has 1 aliphatic rings. The Morgan fingerprint density at radius 1 is 0.909 bits per heavy atom. The van der Waals surface area contributed by atoms with Crippen molar-refractivity contribution in [2.24, 2.45) is 0 Å². The number of anilines is 2. The second-order valence-electron chi connectivity index (χ2n) is 8.09. The summed E-state index contributed by atoms with van der Waals surface area (Å²) in [5.74, 6) is 0.553. The van der Waals surface area contributed by atoms with E-state index in [-0.39, 0.29) is 11.9 Å². The molecule has 5 aromatic rings. The molecule has 1 unspecified atom stereocenters. The number of carbonyl (C=O) groups excluding carboxylic acids is 1. The number of H-pyrrole nitrogens is 1. The molecule has 0 aliphatic heterocycles. The van der Waals surface area contributed by atoms with Crippen LogP contribution in [0.4, 0.5) is 11.4 Å². The maximum absolute atomic E-state index is 13.1. The lowest BCUT2D eigenvalue weighted by molar-refractivity contribution is 0.0943. The van der Waals surface area contributed by atoms with E-state index < -0.39 is 0 Å². The van der Waals surface area contributed by atoms with Crippen LogP contribution in [0.25, 0.3) is 33.5 Å². The van der Waals surface area contributed by atoms with E-state index >= 15 is 0 Å². The van der Waals surface area contributed by atoms with Crippen molar-refractivity contribution in [3.05, 3.63) is 95.8 Å². The number of aromatic amines is 1. The summed E-state index contributed by atoms with van der Waals surface area (Å²) in [4.78, 5) is 25.5. The summed E-state index contributed by atoms with van der Waals surface area (Å²) in [5.41, 5.74) is 19.9. The molecule has 0 spiro atoms. The van der Waals surface area contributed by atoms with Crippen molar-refractivity contribution >= 4 is 28.3 Å². The molecule has 3 aromatic carbocycles. The molecule has 7 nitrogen and oxygen atoms in total. The van der Waals surface area contributed by atoms with Crippen LogP contribution in [0.3, 0.4) is 0 Å². The van der Waals surface area contributed by atoms with Gasteiger partial charge in [0.15, 0.2) is 0 Å². The number of amides is 1. The molecule has 33 heavy (non-hydrogen) atoms. The van der Waals surface area contributed by atoms with Crippen LogP contribution in [0.15, 0.2) is 79.1 Å². The van der Waals surface area contributed by atoms with E-state index in [4.69, 9.17) is 16.5 Å². The fourth-order valence-electron chi connectivity index (χ4n) is 4.52. The van der Waals surface area contributed by atoms with Gasteiger partial charge in [0.05, 0.1) is 34.6 Å². The van der Waals surface area contributed by atoms with E-state index in [1.807, 2.05) is 42.5 Å². The lowest BCUT2D eigenvalue weighted by atomic mass is 9.98. The largest absolute Gasteiger partial charge is 0.397 e. The van der Waals surface area contributed by atoms with E-state index in [2.05, 4.69) is 21.4 Å². The van der Waals surface area contributed by atoms with E-state index in [0.717, 1.165) is 44.7 Å². The molecule has 1 aliphatic carbocycles. The first-order valence-corrected chi connectivity index (χ1v) is 10.6. The molecule has 6 rings (SSSR count). The fraction of sp³-hybridized carbons (Fsp3) is 0.0385. The van der Waals surface area contributed by atoms with Gasteiger partial charge in [-0.3, -0.25) is 9.78 Å². The highest BCUT2D eigenvalue weighted by Gasteiger charge is 2.32. The normalized spacial score (nSPS) is 14.1. The van der Waals surface area contributed by atoms with Crippen LogP contribution in [0.5, 0.6) is 0 Å². The predicted octanol–water partition coefficient (Wildman–Crippen LogP) is 4.29. The third-order valence-electron chi connectivity index (χ3n) is 6.11. The summed E-state index contributed by atoms with van der Waals surface area (Å²) in [6.45, 7) is 0. The second kappa shape index (κ2) is 7.20. The topological polar surface area (TPSA) is 123 Å². The van der Waals surface area contributed by atoms with Gasteiger partial charge in [-0.1, -0.05) is 42.5 Å². The minimum Gasteiger partial charge on any atom is -0.397 e. The summed E-state index contributed by atoms with van der Waals surface area (Å²) in [6, 6.07) is 20.7. The Hall–Kier alpha value is -4.65. The number of fused-ring (bicyclic) bond motifs is 4. The van der Waals surface area contributed by atoms with Gasteiger partial charge in [-0.2, -0.15) is 0 Å². The minimum atomic E-state index is -0.298. The van der Waals surface area contributed by atoms with Crippen LogP contribution >= 0.6 is 0 Å². The summed E-state index contributed by atoms with van der Waals surface area (Å²) in [5, 5.41) is 3.18. The number of nitrogens with zero attached hydrogens (tertiary/aromatic N) is 2. The lowest BCUT2D eigenvalue weighted by Crippen LogP contribution is -2.28. The first-order chi connectivity index (χ1) is 16.1. The van der Waals surface area contributed by atoms with Gasteiger partial charge >= 0.3 is 0 Å². The number of nitrogen functional groups attached to an aromatic ring is 2. The van der Waals surface area contributed by atoms with Crippen LogP contribution < -0.4 is 16.8 Å². The van der Waals surface area contributed by atoms with Gasteiger partial charge in [-0.25, -0.2) is 4.98 Å². The standard InChI is InChI=1S/C26H20N6O/c27-19-9-8-14(12-20(19)28)26(33)32-24-16-5-2-1-4-15(16)23-17(24)6-3-7-18(23)25-30-21-10-11-29-13-22(21)31-25/h1-13,24H,27-28H2,(H,30,31)(H,32,33). The molecule has 0 fully saturated rings. The van der Waals surface area contributed by atoms with Gasteiger partial charge in [0, 0.05) is 17.3 Å². The summed E-state index contributed by atoms with van der Waals surface area (Å²) < 4.78 is 0. The third-order valence-corrected chi connectivity index (χ3v) is 6.11. The van der Waals surface area contributed by atoms with Gasteiger partial charge in [-0.15, -0.1) is 0 Å². The van der Waals surface area contributed by atoms with Gasteiger partial charge in [-0.05, 0) is 46.5 Å². The number of benzene rings is 3. The zero-order valence-electron chi connectivity index (χ0n) is 17.5. The summed E-state index contributed by atoms with van der Waals surface area (Å²) in [7, 11) is 0. The maximum atomic E-state index is 13.1. The number of rotatable bonds is 3. The predicted molar refractivity (Wildman–Crippen MR) is 129 cm³/mol. The van der Waals surface area contributed by atoms with Crippen LogP contribution in [-0.2, 0) is 0 Å².